The number of hydrogen-bond acceptors (Lipinski definition) is 6. The highest BCUT2D eigenvalue weighted by atomic mass is 19.4. The van der Waals surface area contributed by atoms with E-state index >= 15 is 0 Å². The Morgan fingerprint density at radius 2 is 2.17 bits per heavy atom. The molecule has 8 nitrogen and oxygen atoms in total. The molecule has 0 aromatic carbocycles. The molecule has 1 N–H and O–H groups in total. The number of alkyl halides is 3. The predicted octanol–water partition coefficient (Wildman–Crippen LogP) is 1.19. The van der Waals surface area contributed by atoms with Crippen molar-refractivity contribution >= 4 is 6.09 Å². The molecule has 0 saturated heterocycles. The number of nitrogens with one attached hydrogen (secondary N) is 1. The van der Waals surface area contributed by atoms with Crippen LogP contribution in [0.1, 0.15) is 0 Å². The summed E-state index contributed by atoms with van der Waals surface area (Å²) in [5.74, 6) is -0.642. The zero-order valence-corrected chi connectivity index (χ0v) is 11.5. The van der Waals surface area contributed by atoms with Gasteiger partial charge >= 0.3 is 18.0 Å². The number of ether oxygens (including phenoxy) is 1. The molecule has 23 heavy (non-hydrogen) atoms. The van der Waals surface area contributed by atoms with Gasteiger partial charge in [0.2, 0.25) is 5.82 Å². The lowest BCUT2D eigenvalue weighted by Crippen LogP contribution is -2.32. The lowest BCUT2D eigenvalue weighted by Gasteiger charge is -2.09. The molecule has 2 aromatic rings. The molecule has 0 radical (unpaired) electrons. The predicted molar refractivity (Wildman–Crippen MR) is 69.4 cm³/mol. The molecule has 0 aliphatic carbocycles. The smallest absolute Gasteiger partial charge is 0.440 e. The minimum Gasteiger partial charge on any atom is -0.440 e. The fraction of sp³-hybridized carbons (Fsp3) is 0.333. The van der Waals surface area contributed by atoms with Gasteiger partial charge in [-0.05, 0) is 12.1 Å². The molecule has 124 valence electrons. The highest BCUT2D eigenvalue weighted by molar-refractivity contribution is 5.67. The van der Waals surface area contributed by atoms with Gasteiger partial charge in [0, 0.05) is 19.3 Å². The van der Waals surface area contributed by atoms with Crippen molar-refractivity contribution in [2.45, 2.75) is 12.7 Å². The monoisotopic (exact) mass is 332 g/mol. The largest absolute Gasteiger partial charge is 0.441 e. The molecule has 0 spiro atoms. The zero-order valence-electron chi connectivity index (χ0n) is 11.5. The molecular weight excluding hydrogens is 321 g/mol. The Morgan fingerprint density at radius 3 is 2.83 bits per heavy atom. The Bertz CT molecular complexity index is 711. The van der Waals surface area contributed by atoms with E-state index in [-0.39, 0.29) is 18.9 Å². The molecule has 0 saturated carbocycles. The molecule has 0 aliphatic rings. The van der Waals surface area contributed by atoms with Gasteiger partial charge in [-0.2, -0.15) is 13.2 Å². The summed E-state index contributed by atoms with van der Waals surface area (Å²) >= 11 is 0. The summed E-state index contributed by atoms with van der Waals surface area (Å²) < 4.78 is 45.2. The van der Waals surface area contributed by atoms with Crippen molar-refractivity contribution in [3.8, 4) is 11.5 Å². The highest BCUT2D eigenvalue weighted by Gasteiger charge is 2.29. The number of carbonyl (C=O) groups excluding carboxylic acids is 1. The van der Waals surface area contributed by atoms with Crippen molar-refractivity contribution in [2.24, 2.45) is 0 Å². The second kappa shape index (κ2) is 6.94. The number of rotatable bonds is 5. The fourth-order valence-electron chi connectivity index (χ4n) is 1.61. The van der Waals surface area contributed by atoms with Crippen LogP contribution in [0.3, 0.4) is 0 Å². The van der Waals surface area contributed by atoms with E-state index in [1.165, 1.54) is 6.20 Å². The standard InChI is InChI=1S/C12H11F3N4O4/c13-12(14,15)7-22-10(20)17-5-6-19-9(18-23-11(19)21)8-3-1-2-4-16-8/h1-4H,5-7H2,(H,17,20). The number of halogens is 3. The van der Waals surface area contributed by atoms with E-state index in [1.807, 2.05) is 0 Å². The Labute approximate surface area is 126 Å². The normalized spacial score (nSPS) is 11.3. The second-order valence-electron chi connectivity index (χ2n) is 4.26. The van der Waals surface area contributed by atoms with Gasteiger partial charge < -0.3 is 10.1 Å². The average Bonchev–Trinajstić information content (AvgIpc) is 2.87. The number of amides is 1. The van der Waals surface area contributed by atoms with Gasteiger partial charge in [0.05, 0.1) is 0 Å². The van der Waals surface area contributed by atoms with E-state index in [4.69, 9.17) is 0 Å². The third kappa shape index (κ3) is 4.83. The summed E-state index contributed by atoms with van der Waals surface area (Å²) in [4.78, 5) is 26.6. The van der Waals surface area contributed by atoms with Crippen molar-refractivity contribution in [3.63, 3.8) is 0 Å². The van der Waals surface area contributed by atoms with E-state index in [1.54, 1.807) is 18.2 Å². The first-order valence-electron chi connectivity index (χ1n) is 6.32. The summed E-state index contributed by atoms with van der Waals surface area (Å²) in [6.45, 7) is -1.92. The van der Waals surface area contributed by atoms with Crippen LogP contribution >= 0.6 is 0 Å². The van der Waals surface area contributed by atoms with Crippen molar-refractivity contribution in [2.75, 3.05) is 13.2 Å². The molecule has 0 bridgehead atoms. The molecule has 0 atom stereocenters. The molecule has 2 rings (SSSR count). The zero-order chi connectivity index (χ0) is 16.9. The molecule has 2 aromatic heterocycles. The summed E-state index contributed by atoms with van der Waals surface area (Å²) in [5.41, 5.74) is 0.373. The molecule has 0 fully saturated rings. The van der Waals surface area contributed by atoms with Gasteiger partial charge in [-0.1, -0.05) is 11.2 Å². The van der Waals surface area contributed by atoms with Crippen molar-refractivity contribution in [1.82, 2.24) is 20.0 Å². The topological polar surface area (TPSA) is 99.3 Å². The number of hydrogen-bond donors (Lipinski definition) is 1. The van der Waals surface area contributed by atoms with Crippen LogP contribution in [0.25, 0.3) is 11.5 Å². The molecule has 11 heteroatoms. The quantitative estimate of drug-likeness (QED) is 0.883. The van der Waals surface area contributed by atoms with Crippen molar-refractivity contribution < 1.29 is 27.2 Å². The SMILES string of the molecule is O=C(NCCn1c(-c2ccccn2)noc1=O)OCC(F)(F)F. The number of pyridine rings is 1. The number of carbonyl (C=O) groups is 1. The van der Waals surface area contributed by atoms with Crippen molar-refractivity contribution in [1.29, 1.82) is 0 Å². The lowest BCUT2D eigenvalue weighted by molar-refractivity contribution is -0.160. The van der Waals surface area contributed by atoms with Crippen LogP contribution in [0.2, 0.25) is 0 Å². The molecule has 2 heterocycles. The minimum absolute atomic E-state index is 0.0740. The molecule has 0 unspecified atom stereocenters. The summed E-state index contributed by atoms with van der Waals surface area (Å²) in [7, 11) is 0. The van der Waals surface area contributed by atoms with Gasteiger partial charge in [-0.3, -0.25) is 14.1 Å². The van der Waals surface area contributed by atoms with E-state index in [2.05, 4.69) is 24.7 Å². The first-order valence-corrected chi connectivity index (χ1v) is 6.32. The summed E-state index contributed by atoms with van der Waals surface area (Å²) in [5, 5.41) is 5.66. The van der Waals surface area contributed by atoms with Gasteiger partial charge in [0.1, 0.15) is 5.69 Å². The third-order valence-corrected chi connectivity index (χ3v) is 2.55. The number of alkyl carbamates (subject to hydrolysis) is 1. The molecule has 1 amide bonds. The summed E-state index contributed by atoms with van der Waals surface area (Å²) in [6.07, 6.45) is -4.35. The van der Waals surface area contributed by atoms with Crippen LogP contribution in [0.15, 0.2) is 33.7 Å². The van der Waals surface area contributed by atoms with Crippen LogP contribution in [0, 0.1) is 0 Å². The van der Waals surface area contributed by atoms with Crippen LogP contribution in [-0.2, 0) is 11.3 Å². The number of aromatic nitrogens is 3. The maximum atomic E-state index is 11.9. The summed E-state index contributed by atoms with van der Waals surface area (Å²) in [6, 6.07) is 4.95. The highest BCUT2D eigenvalue weighted by Crippen LogP contribution is 2.14. The van der Waals surface area contributed by atoms with Crippen LogP contribution in [-0.4, -0.2) is 40.1 Å². The molecular formula is C12H11F3N4O4. The Hall–Kier alpha value is -2.85. The Balaban J connectivity index is 1.93. The van der Waals surface area contributed by atoms with Gasteiger partial charge in [-0.25, -0.2) is 9.59 Å². The maximum absolute atomic E-state index is 11.9. The lowest BCUT2D eigenvalue weighted by atomic mass is 10.3. The van der Waals surface area contributed by atoms with Gasteiger partial charge in [-0.15, -0.1) is 0 Å². The first kappa shape index (κ1) is 16.5. The van der Waals surface area contributed by atoms with Crippen LogP contribution in [0.4, 0.5) is 18.0 Å². The number of nitrogens with zero attached hydrogens (tertiary/aromatic N) is 3. The van der Waals surface area contributed by atoms with E-state index in [0.717, 1.165) is 4.57 Å². The van der Waals surface area contributed by atoms with Crippen molar-refractivity contribution in [3.05, 3.63) is 34.9 Å². The average molecular weight is 332 g/mol. The van der Waals surface area contributed by atoms with E-state index in [9.17, 15) is 22.8 Å². The Morgan fingerprint density at radius 1 is 1.39 bits per heavy atom. The fourth-order valence-corrected chi connectivity index (χ4v) is 1.61. The van der Waals surface area contributed by atoms with Gasteiger partial charge in [0.15, 0.2) is 6.61 Å². The first-order chi connectivity index (χ1) is 10.9. The Kier molecular flexibility index (Phi) is 4.98. The van der Waals surface area contributed by atoms with E-state index < -0.39 is 24.6 Å². The molecule has 0 aliphatic heterocycles. The van der Waals surface area contributed by atoms with Crippen LogP contribution < -0.4 is 11.1 Å². The van der Waals surface area contributed by atoms with Crippen LogP contribution in [0.5, 0.6) is 0 Å². The maximum Gasteiger partial charge on any atom is 0.441 e. The van der Waals surface area contributed by atoms with Gasteiger partial charge in [0.25, 0.3) is 0 Å². The minimum atomic E-state index is -4.60. The third-order valence-electron chi connectivity index (χ3n) is 2.55. The second-order valence-corrected chi connectivity index (χ2v) is 4.26. The van der Waals surface area contributed by atoms with E-state index in [0.29, 0.717) is 5.69 Å².